The summed E-state index contributed by atoms with van der Waals surface area (Å²) in [6.45, 7) is 2.64. The van der Waals surface area contributed by atoms with E-state index < -0.39 is 5.91 Å². The Morgan fingerprint density at radius 3 is 2.77 bits per heavy atom. The maximum absolute atomic E-state index is 12.4. The van der Waals surface area contributed by atoms with E-state index in [0.717, 1.165) is 16.9 Å². The van der Waals surface area contributed by atoms with Gasteiger partial charge in [-0.3, -0.25) is 10.1 Å². The minimum atomic E-state index is -0.437. The van der Waals surface area contributed by atoms with Gasteiger partial charge in [0.15, 0.2) is 5.76 Å². The van der Waals surface area contributed by atoms with E-state index in [9.17, 15) is 4.79 Å². The number of aryl methyl sites for hydroxylation is 1. The molecule has 0 fully saturated rings. The Hall–Kier alpha value is -3.58. The number of hydrogen-bond acceptors (Lipinski definition) is 5. The Balaban J connectivity index is 1.35. The highest BCUT2D eigenvalue weighted by Crippen LogP contribution is 2.19. The minimum absolute atomic E-state index is 0.154. The number of nitrogens with one attached hydrogen (secondary N) is 1. The van der Waals surface area contributed by atoms with Crippen LogP contribution < -0.4 is 10.1 Å². The molecule has 0 radical (unpaired) electrons. The van der Waals surface area contributed by atoms with Crippen molar-refractivity contribution in [3.63, 3.8) is 0 Å². The van der Waals surface area contributed by atoms with Gasteiger partial charge in [0.25, 0.3) is 5.91 Å². The van der Waals surface area contributed by atoms with Crippen molar-refractivity contribution in [3.05, 3.63) is 94.7 Å². The van der Waals surface area contributed by atoms with Crippen molar-refractivity contribution in [2.24, 2.45) is 0 Å². The van der Waals surface area contributed by atoms with Crippen LogP contribution in [0.25, 0.3) is 0 Å². The van der Waals surface area contributed by atoms with E-state index in [-0.39, 0.29) is 18.3 Å². The highest BCUT2D eigenvalue weighted by molar-refractivity contribution is 6.31. The first-order valence-electron chi connectivity index (χ1n) is 9.30. The summed E-state index contributed by atoms with van der Waals surface area (Å²) in [7, 11) is 0. The summed E-state index contributed by atoms with van der Waals surface area (Å²) >= 11 is 6.17. The van der Waals surface area contributed by atoms with Gasteiger partial charge in [-0.05, 0) is 42.3 Å². The van der Waals surface area contributed by atoms with E-state index in [1.54, 1.807) is 16.8 Å². The van der Waals surface area contributed by atoms with Crippen molar-refractivity contribution in [2.75, 3.05) is 5.32 Å². The molecule has 0 bridgehead atoms. The number of benzene rings is 2. The predicted molar refractivity (Wildman–Crippen MR) is 113 cm³/mol. The zero-order chi connectivity index (χ0) is 20.9. The summed E-state index contributed by atoms with van der Waals surface area (Å²) in [4.78, 5) is 16.5. The van der Waals surface area contributed by atoms with Crippen molar-refractivity contribution < 1.29 is 13.9 Å². The molecule has 0 aliphatic carbocycles. The van der Waals surface area contributed by atoms with E-state index in [1.807, 2.05) is 55.5 Å². The largest absolute Gasteiger partial charge is 0.485 e. The smallest absolute Gasteiger partial charge is 0.293 e. The normalized spacial score (nSPS) is 10.7. The number of para-hydroxylation sites is 1. The van der Waals surface area contributed by atoms with Gasteiger partial charge < -0.3 is 9.15 Å². The third-order valence-corrected chi connectivity index (χ3v) is 4.77. The van der Waals surface area contributed by atoms with Crippen molar-refractivity contribution in [3.8, 4) is 5.75 Å². The van der Waals surface area contributed by atoms with Gasteiger partial charge in [0.1, 0.15) is 24.4 Å². The number of amides is 1. The van der Waals surface area contributed by atoms with Crippen LogP contribution in [0.3, 0.4) is 0 Å². The van der Waals surface area contributed by atoms with Crippen LogP contribution in [0, 0.1) is 6.92 Å². The number of aromatic nitrogens is 3. The van der Waals surface area contributed by atoms with Gasteiger partial charge in [0.2, 0.25) is 5.95 Å². The van der Waals surface area contributed by atoms with Crippen molar-refractivity contribution in [2.45, 2.75) is 20.1 Å². The van der Waals surface area contributed by atoms with Gasteiger partial charge in [-0.2, -0.15) is 0 Å². The molecule has 1 N–H and O–H groups in total. The number of carbonyl (C=O) groups is 1. The molecule has 2 aromatic carbocycles. The Kier molecular flexibility index (Phi) is 5.81. The molecule has 30 heavy (non-hydrogen) atoms. The van der Waals surface area contributed by atoms with Crippen LogP contribution >= 0.6 is 11.6 Å². The second-order valence-electron chi connectivity index (χ2n) is 6.63. The fourth-order valence-corrected chi connectivity index (χ4v) is 3.03. The lowest BCUT2D eigenvalue weighted by molar-refractivity contribution is 0.0991. The molecule has 1 amide bonds. The topological polar surface area (TPSA) is 82.2 Å². The van der Waals surface area contributed by atoms with Crippen molar-refractivity contribution >= 4 is 23.5 Å². The number of carbonyl (C=O) groups excluding carboxylic acids is 1. The molecule has 0 unspecified atom stereocenters. The van der Waals surface area contributed by atoms with Crippen LogP contribution in [0.1, 0.15) is 27.4 Å². The molecule has 0 spiro atoms. The third kappa shape index (κ3) is 4.69. The third-order valence-electron chi connectivity index (χ3n) is 4.40. The zero-order valence-electron chi connectivity index (χ0n) is 16.2. The zero-order valence-corrected chi connectivity index (χ0v) is 17.0. The lowest BCUT2D eigenvalue weighted by Crippen LogP contribution is -2.12. The van der Waals surface area contributed by atoms with Crippen molar-refractivity contribution in [1.82, 2.24) is 14.8 Å². The van der Waals surface area contributed by atoms with Crippen molar-refractivity contribution in [1.29, 1.82) is 0 Å². The second kappa shape index (κ2) is 8.84. The molecule has 0 aliphatic heterocycles. The Labute approximate surface area is 178 Å². The lowest BCUT2D eigenvalue weighted by Gasteiger charge is -2.06. The summed E-state index contributed by atoms with van der Waals surface area (Å²) in [6.07, 6.45) is 1.53. The Morgan fingerprint density at radius 2 is 1.93 bits per heavy atom. The first-order chi connectivity index (χ1) is 14.6. The average molecular weight is 423 g/mol. The molecule has 8 heteroatoms. The van der Waals surface area contributed by atoms with E-state index in [0.29, 0.717) is 17.3 Å². The molecular formula is C22H19ClN4O3. The lowest BCUT2D eigenvalue weighted by atomic mass is 10.2. The summed E-state index contributed by atoms with van der Waals surface area (Å²) in [6, 6.07) is 18.5. The SMILES string of the molecule is Cc1ccccc1OCc1ccc(C(=O)Nc2ncn(Cc3ccccc3Cl)n2)o1. The predicted octanol–water partition coefficient (Wildman–Crippen LogP) is 4.71. The molecule has 4 aromatic rings. The summed E-state index contributed by atoms with van der Waals surface area (Å²) in [5, 5.41) is 7.53. The van der Waals surface area contributed by atoms with E-state index in [4.69, 9.17) is 20.8 Å². The molecule has 0 saturated carbocycles. The van der Waals surface area contributed by atoms with E-state index >= 15 is 0 Å². The van der Waals surface area contributed by atoms with Gasteiger partial charge in [-0.25, -0.2) is 9.67 Å². The van der Waals surface area contributed by atoms with Gasteiger partial charge in [-0.1, -0.05) is 48.0 Å². The number of halogens is 1. The molecule has 7 nitrogen and oxygen atoms in total. The van der Waals surface area contributed by atoms with Crippen LogP contribution in [0.5, 0.6) is 5.75 Å². The first-order valence-corrected chi connectivity index (χ1v) is 9.67. The fraction of sp³-hybridized carbons (Fsp3) is 0.136. The van der Waals surface area contributed by atoms with E-state index in [1.165, 1.54) is 6.33 Å². The molecular weight excluding hydrogens is 404 g/mol. The molecule has 4 rings (SSSR count). The number of anilines is 1. The van der Waals surface area contributed by atoms with Gasteiger partial charge >= 0.3 is 0 Å². The monoisotopic (exact) mass is 422 g/mol. The molecule has 0 saturated heterocycles. The number of nitrogens with zero attached hydrogens (tertiary/aromatic N) is 3. The van der Waals surface area contributed by atoms with Crippen LogP contribution in [-0.4, -0.2) is 20.7 Å². The highest BCUT2D eigenvalue weighted by atomic mass is 35.5. The number of hydrogen-bond donors (Lipinski definition) is 1. The summed E-state index contributed by atoms with van der Waals surface area (Å²) in [5.41, 5.74) is 1.94. The van der Waals surface area contributed by atoms with Crippen LogP contribution in [0.4, 0.5) is 5.95 Å². The average Bonchev–Trinajstić information content (AvgIpc) is 3.39. The Morgan fingerprint density at radius 1 is 1.13 bits per heavy atom. The van der Waals surface area contributed by atoms with Gasteiger partial charge in [-0.15, -0.1) is 5.10 Å². The molecule has 152 valence electrons. The second-order valence-corrected chi connectivity index (χ2v) is 7.04. The molecule has 2 aromatic heterocycles. The summed E-state index contributed by atoms with van der Waals surface area (Å²) in [5.74, 6) is 1.21. The van der Waals surface area contributed by atoms with Crippen LogP contribution in [0.2, 0.25) is 5.02 Å². The summed E-state index contributed by atoms with van der Waals surface area (Å²) < 4.78 is 12.9. The first kappa shape index (κ1) is 19.7. The Bertz CT molecular complexity index is 1170. The van der Waals surface area contributed by atoms with Gasteiger partial charge in [0.05, 0.1) is 6.54 Å². The standard InChI is InChI=1S/C22H19ClN4O3/c1-15-6-2-5-9-19(15)29-13-17-10-11-20(30-17)21(28)25-22-24-14-27(26-22)12-16-7-3-4-8-18(16)23/h2-11,14H,12-13H2,1H3,(H,25,26,28). The van der Waals surface area contributed by atoms with Gasteiger partial charge in [0, 0.05) is 5.02 Å². The number of ether oxygens (including phenoxy) is 1. The minimum Gasteiger partial charge on any atom is -0.485 e. The van der Waals surface area contributed by atoms with E-state index in [2.05, 4.69) is 15.4 Å². The molecule has 0 atom stereocenters. The van der Waals surface area contributed by atoms with Crippen LogP contribution in [0.15, 0.2) is 71.4 Å². The highest BCUT2D eigenvalue weighted by Gasteiger charge is 2.14. The quantitative estimate of drug-likeness (QED) is 0.466. The maximum atomic E-state index is 12.4. The fourth-order valence-electron chi connectivity index (χ4n) is 2.84. The maximum Gasteiger partial charge on any atom is 0.293 e. The molecule has 2 heterocycles. The number of furan rings is 1. The molecule has 0 aliphatic rings. The van der Waals surface area contributed by atoms with Crippen LogP contribution in [-0.2, 0) is 13.2 Å². The number of rotatable bonds is 7.